The predicted molar refractivity (Wildman–Crippen MR) is 93.3 cm³/mol. The van der Waals surface area contributed by atoms with E-state index >= 15 is 0 Å². The molecule has 0 saturated heterocycles. The Morgan fingerprint density at radius 2 is 1.88 bits per heavy atom. The normalized spacial score (nSPS) is 53.6. The van der Waals surface area contributed by atoms with Gasteiger partial charge in [0.15, 0.2) is 0 Å². The van der Waals surface area contributed by atoms with E-state index in [2.05, 4.69) is 19.9 Å². The van der Waals surface area contributed by atoms with Crippen molar-refractivity contribution in [2.24, 2.45) is 34.5 Å². The third kappa shape index (κ3) is 2.13. The SMILES string of the molecule is CC(=O)[C@@H]1CC[C@H]2[C@@H]3C[C@H](O)[C@H]4C[C@@H](O)CC[C@]4(C)C3=CC[C@]12C. The molecule has 0 aromatic heterocycles. The van der Waals surface area contributed by atoms with Crippen LogP contribution in [0.25, 0.3) is 0 Å². The van der Waals surface area contributed by atoms with Gasteiger partial charge in [-0.2, -0.15) is 0 Å². The minimum atomic E-state index is -0.314. The molecule has 0 spiro atoms. The van der Waals surface area contributed by atoms with E-state index in [1.165, 1.54) is 0 Å². The molecule has 3 heteroatoms. The molecule has 0 aliphatic heterocycles. The van der Waals surface area contributed by atoms with Crippen molar-refractivity contribution in [3.63, 3.8) is 0 Å². The molecule has 0 amide bonds. The predicted octanol–water partition coefficient (Wildman–Crippen LogP) is 3.49. The molecule has 0 heterocycles. The maximum absolute atomic E-state index is 12.2. The number of carbonyl (C=O) groups is 1. The van der Waals surface area contributed by atoms with Gasteiger partial charge in [0.25, 0.3) is 0 Å². The number of aliphatic hydroxyl groups is 2. The number of fused-ring (bicyclic) bond motifs is 5. The van der Waals surface area contributed by atoms with E-state index in [4.69, 9.17) is 0 Å². The van der Waals surface area contributed by atoms with Crippen LogP contribution in [-0.4, -0.2) is 28.2 Å². The molecule has 3 fully saturated rings. The fourth-order valence-corrected chi connectivity index (χ4v) is 7.22. The van der Waals surface area contributed by atoms with Gasteiger partial charge in [-0.1, -0.05) is 25.5 Å². The largest absolute Gasteiger partial charge is 0.393 e. The highest BCUT2D eigenvalue weighted by molar-refractivity contribution is 5.79. The van der Waals surface area contributed by atoms with E-state index in [0.717, 1.165) is 44.9 Å². The van der Waals surface area contributed by atoms with Gasteiger partial charge in [-0.25, -0.2) is 0 Å². The molecule has 134 valence electrons. The van der Waals surface area contributed by atoms with Crippen molar-refractivity contribution < 1.29 is 15.0 Å². The van der Waals surface area contributed by atoms with Crippen molar-refractivity contribution in [2.45, 2.75) is 77.9 Å². The minimum absolute atomic E-state index is 0.0389. The maximum Gasteiger partial charge on any atom is 0.133 e. The second-order valence-electron chi connectivity index (χ2n) is 9.58. The number of rotatable bonds is 1. The van der Waals surface area contributed by atoms with Crippen LogP contribution in [0.5, 0.6) is 0 Å². The average Bonchev–Trinajstić information content (AvgIpc) is 2.87. The standard InChI is InChI=1S/C21H32O3/c1-12(22)15-4-5-16-14-11-19(24)18-10-13(23)6-8-21(18,3)17(14)7-9-20(15,16)2/h7,13-16,18-19,23-24H,4-6,8-11H2,1-3H3/t13-,14-,15-,16-,18+,19-,20+,21+/m0/s1. The van der Waals surface area contributed by atoms with Gasteiger partial charge >= 0.3 is 0 Å². The summed E-state index contributed by atoms with van der Waals surface area (Å²) in [7, 11) is 0. The van der Waals surface area contributed by atoms with Crippen LogP contribution in [0.4, 0.5) is 0 Å². The first kappa shape index (κ1) is 16.8. The molecule has 0 aromatic rings. The molecular weight excluding hydrogens is 300 g/mol. The number of aliphatic hydroxyl groups excluding tert-OH is 2. The van der Waals surface area contributed by atoms with Crippen LogP contribution < -0.4 is 0 Å². The fraction of sp³-hybridized carbons (Fsp3) is 0.857. The van der Waals surface area contributed by atoms with Crippen LogP contribution >= 0.6 is 0 Å². The van der Waals surface area contributed by atoms with Crippen LogP contribution in [0.2, 0.25) is 0 Å². The summed E-state index contributed by atoms with van der Waals surface area (Å²) in [5.74, 6) is 1.69. The van der Waals surface area contributed by atoms with Crippen molar-refractivity contribution in [1.29, 1.82) is 0 Å². The Bertz CT molecular complexity index is 582. The van der Waals surface area contributed by atoms with E-state index in [0.29, 0.717) is 17.6 Å². The van der Waals surface area contributed by atoms with E-state index in [1.54, 1.807) is 12.5 Å². The van der Waals surface area contributed by atoms with Crippen LogP contribution in [0.1, 0.15) is 65.7 Å². The lowest BCUT2D eigenvalue weighted by molar-refractivity contribution is -0.125. The third-order valence-corrected chi connectivity index (χ3v) is 8.51. The van der Waals surface area contributed by atoms with Crippen molar-refractivity contribution in [3.05, 3.63) is 11.6 Å². The number of Topliss-reactive ketones (excluding diaryl/α,β-unsaturated/α-hetero) is 1. The van der Waals surface area contributed by atoms with Crippen LogP contribution in [0.3, 0.4) is 0 Å². The second-order valence-corrected chi connectivity index (χ2v) is 9.58. The summed E-state index contributed by atoms with van der Waals surface area (Å²) in [4.78, 5) is 12.2. The highest BCUT2D eigenvalue weighted by atomic mass is 16.3. The molecule has 0 unspecified atom stereocenters. The molecular formula is C21H32O3. The van der Waals surface area contributed by atoms with Crippen LogP contribution in [0, 0.1) is 34.5 Å². The average molecular weight is 332 g/mol. The highest BCUT2D eigenvalue weighted by Crippen LogP contribution is 2.65. The molecule has 0 bridgehead atoms. The van der Waals surface area contributed by atoms with Gasteiger partial charge in [0.1, 0.15) is 5.78 Å². The van der Waals surface area contributed by atoms with E-state index in [1.807, 2.05) is 0 Å². The first-order valence-corrected chi connectivity index (χ1v) is 9.84. The van der Waals surface area contributed by atoms with Gasteiger partial charge in [0.05, 0.1) is 12.2 Å². The summed E-state index contributed by atoms with van der Waals surface area (Å²) < 4.78 is 0. The summed E-state index contributed by atoms with van der Waals surface area (Å²) in [5.41, 5.74) is 1.67. The molecule has 24 heavy (non-hydrogen) atoms. The zero-order chi connectivity index (χ0) is 17.3. The second kappa shape index (κ2) is 5.41. The lowest BCUT2D eigenvalue weighted by Crippen LogP contribution is -2.53. The first-order valence-electron chi connectivity index (χ1n) is 9.84. The number of allylic oxidation sites excluding steroid dienone is 2. The Balaban J connectivity index is 1.72. The maximum atomic E-state index is 12.2. The highest BCUT2D eigenvalue weighted by Gasteiger charge is 2.59. The van der Waals surface area contributed by atoms with Crippen LogP contribution in [-0.2, 0) is 4.79 Å². The monoisotopic (exact) mass is 332 g/mol. The zero-order valence-corrected chi connectivity index (χ0v) is 15.3. The molecule has 8 atom stereocenters. The zero-order valence-electron chi connectivity index (χ0n) is 15.3. The summed E-state index contributed by atoms with van der Waals surface area (Å²) in [5, 5.41) is 21.0. The third-order valence-electron chi connectivity index (χ3n) is 8.51. The van der Waals surface area contributed by atoms with Crippen molar-refractivity contribution >= 4 is 5.78 Å². The number of hydrogen-bond acceptors (Lipinski definition) is 3. The molecule has 0 radical (unpaired) electrons. The van der Waals surface area contributed by atoms with Crippen LogP contribution in [0.15, 0.2) is 11.6 Å². The lowest BCUT2D eigenvalue weighted by atomic mass is 9.48. The van der Waals surface area contributed by atoms with Gasteiger partial charge in [-0.05, 0) is 80.5 Å². The molecule has 4 aliphatic carbocycles. The number of hydrogen-bond donors (Lipinski definition) is 2. The summed E-state index contributed by atoms with van der Waals surface area (Å²) in [6, 6.07) is 0. The van der Waals surface area contributed by atoms with E-state index in [9.17, 15) is 15.0 Å². The number of carbonyl (C=O) groups excluding carboxylic acids is 1. The minimum Gasteiger partial charge on any atom is -0.393 e. The molecule has 4 aliphatic rings. The van der Waals surface area contributed by atoms with Gasteiger partial charge in [0.2, 0.25) is 0 Å². The summed E-state index contributed by atoms with van der Waals surface area (Å²) >= 11 is 0. The summed E-state index contributed by atoms with van der Waals surface area (Å²) in [6.07, 6.45) is 8.42. The molecule has 3 nitrogen and oxygen atoms in total. The van der Waals surface area contributed by atoms with E-state index in [-0.39, 0.29) is 34.9 Å². The Kier molecular flexibility index (Phi) is 3.78. The smallest absolute Gasteiger partial charge is 0.133 e. The Hall–Kier alpha value is -0.670. The quantitative estimate of drug-likeness (QED) is 0.723. The van der Waals surface area contributed by atoms with Crippen molar-refractivity contribution in [1.82, 2.24) is 0 Å². The Morgan fingerprint density at radius 1 is 1.12 bits per heavy atom. The van der Waals surface area contributed by atoms with Crippen molar-refractivity contribution in [2.75, 3.05) is 0 Å². The van der Waals surface area contributed by atoms with E-state index < -0.39 is 0 Å². The molecule has 0 aromatic carbocycles. The molecule has 4 rings (SSSR count). The first-order chi connectivity index (χ1) is 11.3. The Labute approximate surface area is 145 Å². The van der Waals surface area contributed by atoms with Gasteiger partial charge in [-0.3, -0.25) is 4.79 Å². The summed E-state index contributed by atoms with van der Waals surface area (Å²) in [6.45, 7) is 6.40. The fourth-order valence-electron chi connectivity index (χ4n) is 7.22. The van der Waals surface area contributed by atoms with Gasteiger partial charge in [-0.15, -0.1) is 0 Å². The van der Waals surface area contributed by atoms with Crippen molar-refractivity contribution in [3.8, 4) is 0 Å². The topological polar surface area (TPSA) is 57.5 Å². The lowest BCUT2D eigenvalue weighted by Gasteiger charge is -2.58. The number of ketones is 1. The Morgan fingerprint density at radius 3 is 2.58 bits per heavy atom. The molecule has 2 N–H and O–H groups in total. The van der Waals surface area contributed by atoms with Gasteiger partial charge < -0.3 is 10.2 Å². The molecule has 3 saturated carbocycles. The van der Waals surface area contributed by atoms with Gasteiger partial charge in [0, 0.05) is 5.92 Å².